The fraction of sp³-hybridized carbons (Fsp3) is 0.923. The highest BCUT2D eigenvalue weighted by Gasteiger charge is 2.40. The number of hydroxylamine groups is 2. The molecule has 7 nitrogen and oxygen atoms in total. The Bertz CT molecular complexity index is 593. The van der Waals surface area contributed by atoms with Gasteiger partial charge < -0.3 is 20.3 Å². The number of alkyl halides is 1. The van der Waals surface area contributed by atoms with Crippen LogP contribution in [0.2, 0.25) is 0 Å². The minimum absolute atomic E-state index is 0. The van der Waals surface area contributed by atoms with Crippen LogP contribution in [0.15, 0.2) is 12.2 Å². The summed E-state index contributed by atoms with van der Waals surface area (Å²) in [7, 11) is 3.66. The number of unbranched alkanes of at least 4 members (excludes halogenated alkanes) is 1. The Morgan fingerprint density at radius 1 is 1.12 bits per heavy atom. The van der Waals surface area contributed by atoms with E-state index in [0.29, 0.717) is 31.6 Å². The first-order valence-corrected chi connectivity index (χ1v) is 13.0. The third-order valence-corrected chi connectivity index (χ3v) is 8.12. The molecule has 8 heteroatoms. The predicted octanol–water partition coefficient (Wildman–Crippen LogP) is 2.81. The smallest absolute Gasteiger partial charge is 0.106 e. The van der Waals surface area contributed by atoms with Crippen molar-refractivity contribution in [1.29, 1.82) is 0 Å². The average molecular weight is 487 g/mol. The molecule has 0 aromatic heterocycles. The van der Waals surface area contributed by atoms with Crippen molar-refractivity contribution >= 4 is 0 Å². The van der Waals surface area contributed by atoms with Gasteiger partial charge in [0.25, 0.3) is 0 Å². The maximum absolute atomic E-state index is 14.5. The van der Waals surface area contributed by atoms with Gasteiger partial charge >= 0.3 is 0 Å². The molecule has 0 spiro atoms. The fourth-order valence-corrected chi connectivity index (χ4v) is 5.78. The van der Waals surface area contributed by atoms with E-state index in [-0.39, 0.29) is 25.4 Å². The minimum Gasteiger partial charge on any atom is -0.391 e. The van der Waals surface area contributed by atoms with E-state index in [4.69, 9.17) is 0 Å². The van der Waals surface area contributed by atoms with Crippen LogP contribution in [0.25, 0.3) is 0 Å². The van der Waals surface area contributed by atoms with Crippen LogP contribution in [0.4, 0.5) is 4.39 Å². The summed E-state index contributed by atoms with van der Waals surface area (Å²) in [4.78, 5) is 6.51. The second-order valence-electron chi connectivity index (χ2n) is 10.8. The van der Waals surface area contributed by atoms with Crippen LogP contribution in [0.5, 0.6) is 0 Å². The van der Waals surface area contributed by atoms with Crippen molar-refractivity contribution in [2.24, 2.45) is 11.8 Å². The van der Waals surface area contributed by atoms with Gasteiger partial charge in [0.2, 0.25) is 0 Å². The van der Waals surface area contributed by atoms with Crippen LogP contribution in [-0.4, -0.2) is 119 Å². The van der Waals surface area contributed by atoms with Crippen LogP contribution in [-0.2, 0) is 0 Å². The Labute approximate surface area is 207 Å². The molecule has 3 rings (SSSR count). The third kappa shape index (κ3) is 8.22. The number of hydrogen-bond donors (Lipinski definition) is 3. The molecule has 3 aliphatic rings. The van der Waals surface area contributed by atoms with E-state index < -0.39 is 18.5 Å². The Morgan fingerprint density at radius 2 is 1.82 bits per heavy atom. The van der Waals surface area contributed by atoms with Gasteiger partial charge in [-0.25, -0.2) is 4.39 Å². The molecule has 3 fully saturated rings. The summed E-state index contributed by atoms with van der Waals surface area (Å²) in [5.41, 5.74) is 0. The molecule has 200 valence electrons. The highest BCUT2D eigenvalue weighted by molar-refractivity contribution is 4.98. The van der Waals surface area contributed by atoms with E-state index in [1.807, 2.05) is 14.1 Å². The monoisotopic (exact) mass is 486 g/mol. The number of aliphatic hydroxyl groups excluding tert-OH is 2. The number of aliphatic hydroxyl groups is 2. The Balaban J connectivity index is 0.00000408. The van der Waals surface area contributed by atoms with Crippen molar-refractivity contribution in [2.45, 2.75) is 89.9 Å². The first-order valence-electron chi connectivity index (χ1n) is 13.0. The second kappa shape index (κ2) is 14.2. The quantitative estimate of drug-likeness (QED) is 0.249. The molecule has 0 aromatic rings. The molecule has 7 atom stereocenters. The predicted molar refractivity (Wildman–Crippen MR) is 136 cm³/mol. The molecule has 3 N–H and O–H groups in total. The lowest BCUT2D eigenvalue weighted by atomic mass is 9.78. The van der Waals surface area contributed by atoms with Crippen molar-refractivity contribution in [3.63, 3.8) is 0 Å². The Morgan fingerprint density at radius 3 is 2.44 bits per heavy atom. The van der Waals surface area contributed by atoms with Crippen molar-refractivity contribution in [2.75, 3.05) is 53.4 Å². The number of halogens is 1. The standard InChI is InChI=1S/C25H47FN4O3.CH4/c1-19-10-12-30(33)22(19)7-5-4-6-11-28-13-15-29(16-14-28)23-18-21(26)17-20(25(23)32)8-9-24(31)27(2)3;/h5,7,19-25,31-33H,4,6,8-18H2,1-3H3;1H4/b7-5-;. The van der Waals surface area contributed by atoms with Crippen molar-refractivity contribution in [3.8, 4) is 0 Å². The molecular formula is C26H51FN4O3. The van der Waals surface area contributed by atoms with Gasteiger partial charge in [0.15, 0.2) is 0 Å². The summed E-state index contributed by atoms with van der Waals surface area (Å²) in [6, 6.07) is 0.0416. The maximum Gasteiger partial charge on any atom is 0.106 e. The van der Waals surface area contributed by atoms with Gasteiger partial charge in [-0.3, -0.25) is 9.80 Å². The Kier molecular flexibility index (Phi) is 12.4. The van der Waals surface area contributed by atoms with E-state index in [0.717, 1.165) is 58.5 Å². The molecule has 2 saturated heterocycles. The van der Waals surface area contributed by atoms with Crippen LogP contribution in [0.1, 0.15) is 59.3 Å². The summed E-state index contributed by atoms with van der Waals surface area (Å²) in [5.74, 6) is 0.423. The number of rotatable bonds is 10. The zero-order valence-corrected chi connectivity index (χ0v) is 20.9. The van der Waals surface area contributed by atoms with Crippen molar-refractivity contribution < 1.29 is 19.8 Å². The molecule has 7 unspecified atom stereocenters. The van der Waals surface area contributed by atoms with Crippen LogP contribution < -0.4 is 0 Å². The minimum atomic E-state index is -0.873. The first kappa shape index (κ1) is 29.6. The molecule has 0 aromatic carbocycles. The zero-order chi connectivity index (χ0) is 24.0. The second-order valence-corrected chi connectivity index (χ2v) is 10.8. The molecule has 2 heterocycles. The molecule has 1 saturated carbocycles. The van der Waals surface area contributed by atoms with Crippen LogP contribution >= 0.6 is 0 Å². The molecule has 34 heavy (non-hydrogen) atoms. The number of hydrogen-bond acceptors (Lipinski definition) is 7. The van der Waals surface area contributed by atoms with E-state index in [9.17, 15) is 19.8 Å². The largest absolute Gasteiger partial charge is 0.391 e. The number of allylic oxidation sites excluding steroid dienone is 1. The first-order chi connectivity index (χ1) is 15.8. The van der Waals surface area contributed by atoms with E-state index in [2.05, 4.69) is 28.9 Å². The molecule has 0 radical (unpaired) electrons. The van der Waals surface area contributed by atoms with E-state index in [1.165, 1.54) is 5.06 Å². The average Bonchev–Trinajstić information content (AvgIpc) is 3.11. The summed E-state index contributed by atoms with van der Waals surface area (Å²) in [6.45, 7) is 7.65. The third-order valence-electron chi connectivity index (χ3n) is 8.12. The summed E-state index contributed by atoms with van der Waals surface area (Å²) >= 11 is 0. The number of piperazine rings is 1. The lowest BCUT2D eigenvalue weighted by molar-refractivity contribution is -0.0935. The highest BCUT2D eigenvalue weighted by Crippen LogP contribution is 2.34. The normalized spacial score (nSPS) is 35.2. The van der Waals surface area contributed by atoms with Gasteiger partial charge in [-0.15, -0.1) is 0 Å². The van der Waals surface area contributed by atoms with Gasteiger partial charge in [0, 0.05) is 38.8 Å². The zero-order valence-electron chi connectivity index (χ0n) is 20.9. The van der Waals surface area contributed by atoms with E-state index in [1.54, 1.807) is 4.90 Å². The lowest BCUT2D eigenvalue weighted by Gasteiger charge is -2.46. The topological polar surface area (TPSA) is 73.7 Å². The summed E-state index contributed by atoms with van der Waals surface area (Å²) < 4.78 is 14.5. The lowest BCUT2D eigenvalue weighted by Crippen LogP contribution is -2.57. The molecule has 0 bridgehead atoms. The number of nitrogens with zero attached hydrogens (tertiary/aromatic N) is 4. The summed E-state index contributed by atoms with van der Waals surface area (Å²) in [5, 5.41) is 32.4. The van der Waals surface area contributed by atoms with Crippen LogP contribution in [0, 0.1) is 11.8 Å². The van der Waals surface area contributed by atoms with Crippen molar-refractivity contribution in [3.05, 3.63) is 12.2 Å². The molecule has 0 amide bonds. The fourth-order valence-electron chi connectivity index (χ4n) is 5.78. The molecule has 2 aliphatic heterocycles. The Hall–Kier alpha value is -0.610. The van der Waals surface area contributed by atoms with Crippen molar-refractivity contribution in [1.82, 2.24) is 19.8 Å². The highest BCUT2D eigenvalue weighted by atomic mass is 19.1. The van der Waals surface area contributed by atoms with Gasteiger partial charge in [-0.05, 0) is 77.4 Å². The SMILES string of the molecule is C.CC1CCN(O)C1/C=C\CCCN1CCN(C2CC(F)CC(CCC(O)N(C)C)C2O)CC1. The van der Waals surface area contributed by atoms with Gasteiger partial charge in [-0.2, -0.15) is 5.06 Å². The van der Waals surface area contributed by atoms with Crippen LogP contribution in [0.3, 0.4) is 0 Å². The van der Waals surface area contributed by atoms with E-state index >= 15 is 0 Å². The van der Waals surface area contributed by atoms with Gasteiger partial charge in [0.05, 0.1) is 12.1 Å². The molecule has 1 aliphatic carbocycles. The van der Waals surface area contributed by atoms with Gasteiger partial charge in [-0.1, -0.05) is 26.5 Å². The summed E-state index contributed by atoms with van der Waals surface area (Å²) in [6.07, 6.45) is 7.62. The van der Waals surface area contributed by atoms with Gasteiger partial charge in [0.1, 0.15) is 12.4 Å². The maximum atomic E-state index is 14.5. The molecular weight excluding hydrogens is 435 g/mol.